The first-order valence-electron chi connectivity index (χ1n) is 5.06. The van der Waals surface area contributed by atoms with E-state index in [1.165, 1.54) is 15.6 Å². The van der Waals surface area contributed by atoms with Gasteiger partial charge in [-0.25, -0.2) is 0 Å². The molecule has 0 aliphatic heterocycles. The van der Waals surface area contributed by atoms with Gasteiger partial charge in [0.05, 0.1) is 0 Å². The zero-order valence-electron chi connectivity index (χ0n) is 9.29. The fourth-order valence-electron chi connectivity index (χ4n) is 1.33. The smallest absolute Gasteiger partial charge is 0.129 e. The Labute approximate surface area is 96.0 Å². The first-order valence-corrected chi connectivity index (χ1v) is 9.44. The van der Waals surface area contributed by atoms with Crippen LogP contribution in [0.3, 0.4) is 0 Å². The summed E-state index contributed by atoms with van der Waals surface area (Å²) in [6, 6.07) is 8.46. The van der Waals surface area contributed by atoms with Crippen molar-refractivity contribution in [2.24, 2.45) is 0 Å². The molecule has 2 heteroatoms. The van der Waals surface area contributed by atoms with Gasteiger partial charge in [0.15, 0.2) is 0 Å². The molecule has 0 amide bonds. The summed E-state index contributed by atoms with van der Waals surface area (Å²) in [6.45, 7) is 6.82. The molecule has 0 saturated heterocycles. The molecule has 0 radical (unpaired) electrons. The topological polar surface area (TPSA) is 0 Å². The average molecular weight is 230 g/mol. The Morgan fingerprint density at radius 2 is 1.87 bits per heavy atom. The first-order chi connectivity index (χ1) is 7.06. The normalized spacial score (nSPS) is 11.1. The van der Waals surface area contributed by atoms with Crippen molar-refractivity contribution in [3.63, 3.8) is 0 Å². The maximum atomic E-state index is 3.41. The molecule has 15 heavy (non-hydrogen) atoms. The molecule has 2 aromatic rings. The lowest BCUT2D eigenvalue weighted by atomic mass is 10.2. The molecule has 2 rings (SSSR count). The van der Waals surface area contributed by atoms with E-state index in [2.05, 4.69) is 60.8 Å². The fourth-order valence-corrected chi connectivity index (χ4v) is 2.73. The van der Waals surface area contributed by atoms with E-state index in [-0.39, 0.29) is 0 Å². The highest BCUT2D eigenvalue weighted by Crippen LogP contribution is 2.24. The molecule has 0 atom stereocenters. The van der Waals surface area contributed by atoms with Crippen LogP contribution >= 0.6 is 11.3 Å². The van der Waals surface area contributed by atoms with Crippen LogP contribution in [0.2, 0.25) is 19.6 Å². The van der Waals surface area contributed by atoms with E-state index in [0.29, 0.717) is 0 Å². The van der Waals surface area contributed by atoms with Gasteiger partial charge in [0.25, 0.3) is 0 Å². The van der Waals surface area contributed by atoms with E-state index in [0.717, 1.165) is 0 Å². The monoisotopic (exact) mass is 230 g/mol. The summed E-state index contributed by atoms with van der Waals surface area (Å²) >= 11 is 1.78. The second-order valence-corrected chi connectivity index (χ2v) is 10.3. The van der Waals surface area contributed by atoms with Crippen LogP contribution in [0, 0.1) is 11.5 Å². The molecule has 0 unspecified atom stereocenters. The van der Waals surface area contributed by atoms with Crippen molar-refractivity contribution < 1.29 is 0 Å². The first kappa shape index (κ1) is 10.5. The molecule has 0 saturated carbocycles. The Morgan fingerprint density at radius 1 is 1.13 bits per heavy atom. The van der Waals surface area contributed by atoms with E-state index in [1.807, 2.05) is 0 Å². The number of rotatable bonds is 0. The van der Waals surface area contributed by atoms with Gasteiger partial charge in [-0.3, -0.25) is 0 Å². The fraction of sp³-hybridized carbons (Fsp3) is 0.231. The number of hydrogen-bond acceptors (Lipinski definition) is 1. The lowest BCUT2D eigenvalue weighted by molar-refractivity contribution is 1.80. The van der Waals surface area contributed by atoms with Gasteiger partial charge < -0.3 is 0 Å². The van der Waals surface area contributed by atoms with Crippen molar-refractivity contribution in [2.75, 3.05) is 0 Å². The van der Waals surface area contributed by atoms with Crippen LogP contribution in [0.25, 0.3) is 10.1 Å². The second-order valence-electron chi connectivity index (χ2n) is 4.65. The number of thiophene rings is 1. The molecule has 0 aliphatic carbocycles. The van der Waals surface area contributed by atoms with Gasteiger partial charge >= 0.3 is 0 Å². The molecule has 0 bridgehead atoms. The number of hydrogen-bond donors (Lipinski definition) is 0. The average Bonchev–Trinajstić information content (AvgIpc) is 2.57. The lowest BCUT2D eigenvalue weighted by Gasteiger charge is -2.02. The summed E-state index contributed by atoms with van der Waals surface area (Å²) in [7, 11) is -1.26. The van der Waals surface area contributed by atoms with E-state index in [4.69, 9.17) is 0 Å². The van der Waals surface area contributed by atoms with E-state index < -0.39 is 8.07 Å². The zero-order chi connectivity index (χ0) is 10.9. The Hall–Kier alpha value is -1.04. The molecule has 1 heterocycles. The van der Waals surface area contributed by atoms with Crippen LogP contribution in [0.1, 0.15) is 5.56 Å². The Kier molecular flexibility index (Phi) is 2.68. The van der Waals surface area contributed by atoms with Gasteiger partial charge in [0, 0.05) is 21.0 Å². The SMILES string of the molecule is C[Si](C)(C)C#Cc1csc2ccccc12. The Balaban J connectivity index is 2.48. The minimum atomic E-state index is -1.26. The molecule has 0 aliphatic rings. The highest BCUT2D eigenvalue weighted by atomic mass is 32.1. The predicted octanol–water partition coefficient (Wildman–Crippen LogP) is 4.13. The van der Waals surface area contributed by atoms with Crippen molar-refractivity contribution in [3.05, 3.63) is 35.2 Å². The zero-order valence-corrected chi connectivity index (χ0v) is 11.1. The molecule has 0 nitrogen and oxygen atoms in total. The third-order valence-corrected chi connectivity index (χ3v) is 3.89. The van der Waals surface area contributed by atoms with Crippen molar-refractivity contribution >= 4 is 29.5 Å². The largest absolute Gasteiger partial charge is 0.142 e. The van der Waals surface area contributed by atoms with Crippen LogP contribution in [0.4, 0.5) is 0 Å². The van der Waals surface area contributed by atoms with Crippen LogP contribution < -0.4 is 0 Å². The van der Waals surface area contributed by atoms with Gasteiger partial charge in [-0.05, 0) is 6.07 Å². The van der Waals surface area contributed by atoms with Crippen molar-refractivity contribution in [3.8, 4) is 11.5 Å². The maximum absolute atomic E-state index is 3.41. The van der Waals surface area contributed by atoms with Crippen molar-refractivity contribution in [1.82, 2.24) is 0 Å². The Morgan fingerprint density at radius 3 is 2.60 bits per heavy atom. The Bertz CT molecular complexity index is 535. The van der Waals surface area contributed by atoms with E-state index in [9.17, 15) is 0 Å². The van der Waals surface area contributed by atoms with Crippen molar-refractivity contribution in [2.45, 2.75) is 19.6 Å². The van der Waals surface area contributed by atoms with Gasteiger partial charge in [-0.15, -0.1) is 16.9 Å². The molecule has 0 spiro atoms. The van der Waals surface area contributed by atoms with Gasteiger partial charge in [-0.2, -0.15) is 0 Å². The highest BCUT2D eigenvalue weighted by molar-refractivity contribution is 7.17. The third kappa shape index (κ3) is 2.50. The second kappa shape index (κ2) is 3.84. The molecular weight excluding hydrogens is 216 g/mol. The molecular formula is C13H14SSi. The third-order valence-electron chi connectivity index (χ3n) is 2.05. The summed E-state index contributed by atoms with van der Waals surface area (Å²) < 4.78 is 1.33. The minimum absolute atomic E-state index is 1.19. The molecule has 0 fully saturated rings. The van der Waals surface area contributed by atoms with Gasteiger partial charge in [-0.1, -0.05) is 43.8 Å². The molecule has 0 N–H and O–H groups in total. The van der Waals surface area contributed by atoms with E-state index in [1.54, 1.807) is 11.3 Å². The van der Waals surface area contributed by atoms with Crippen LogP contribution in [-0.2, 0) is 0 Å². The quantitative estimate of drug-likeness (QED) is 0.471. The summed E-state index contributed by atoms with van der Waals surface area (Å²) in [4.78, 5) is 0. The minimum Gasteiger partial charge on any atom is -0.142 e. The number of fused-ring (bicyclic) bond motifs is 1. The summed E-state index contributed by atoms with van der Waals surface area (Å²) in [5.74, 6) is 3.33. The van der Waals surface area contributed by atoms with Crippen LogP contribution in [0.5, 0.6) is 0 Å². The summed E-state index contributed by atoms with van der Waals surface area (Å²) in [5, 5.41) is 3.46. The van der Waals surface area contributed by atoms with Crippen LogP contribution in [0.15, 0.2) is 29.6 Å². The maximum Gasteiger partial charge on any atom is 0.129 e. The van der Waals surface area contributed by atoms with Gasteiger partial charge in [0.2, 0.25) is 0 Å². The summed E-state index contributed by atoms with van der Waals surface area (Å²) in [6.07, 6.45) is 0. The van der Waals surface area contributed by atoms with Crippen LogP contribution in [-0.4, -0.2) is 8.07 Å². The number of benzene rings is 1. The molecule has 76 valence electrons. The molecule has 1 aromatic carbocycles. The lowest BCUT2D eigenvalue weighted by Crippen LogP contribution is -2.16. The predicted molar refractivity (Wildman–Crippen MR) is 72.0 cm³/mol. The highest BCUT2D eigenvalue weighted by Gasteiger charge is 2.08. The van der Waals surface area contributed by atoms with E-state index >= 15 is 0 Å². The van der Waals surface area contributed by atoms with Crippen molar-refractivity contribution in [1.29, 1.82) is 0 Å². The standard InChI is InChI=1S/C13H14SSi/c1-15(2,3)9-8-11-10-14-13-7-5-4-6-12(11)13/h4-7,10H,1-3H3. The molecule has 1 aromatic heterocycles. The summed E-state index contributed by atoms with van der Waals surface area (Å²) in [5.41, 5.74) is 4.60. The van der Waals surface area contributed by atoms with Gasteiger partial charge in [0.1, 0.15) is 8.07 Å².